The predicted molar refractivity (Wildman–Crippen MR) is 62.7 cm³/mol. The van der Waals surface area contributed by atoms with E-state index in [2.05, 4.69) is 11.6 Å². The first kappa shape index (κ1) is 10.4. The van der Waals surface area contributed by atoms with Gasteiger partial charge in [0.2, 0.25) is 0 Å². The number of fused-ring (bicyclic) bond motifs is 1. The highest BCUT2D eigenvalue weighted by Crippen LogP contribution is 2.15. The lowest BCUT2D eigenvalue weighted by atomic mass is 9.97. The Kier molecular flexibility index (Phi) is 2.86. The topological polar surface area (TPSA) is 37.8 Å². The Morgan fingerprint density at radius 2 is 2.20 bits per heavy atom. The maximum Gasteiger partial charge on any atom is 0.258 e. The molecule has 80 valence electrons. The van der Waals surface area contributed by atoms with Gasteiger partial charge in [-0.05, 0) is 37.9 Å². The molecule has 4 heteroatoms. The molecule has 0 radical (unpaired) electrons. The first-order chi connectivity index (χ1) is 7.24. The normalized spacial score (nSPS) is 14.7. The van der Waals surface area contributed by atoms with Crippen LogP contribution in [0, 0.1) is 4.77 Å². The summed E-state index contributed by atoms with van der Waals surface area (Å²) in [4.78, 5) is 15.2. The van der Waals surface area contributed by atoms with E-state index in [1.54, 1.807) is 10.6 Å². The van der Waals surface area contributed by atoms with Crippen molar-refractivity contribution < 1.29 is 0 Å². The van der Waals surface area contributed by atoms with Gasteiger partial charge in [0.25, 0.3) is 5.56 Å². The van der Waals surface area contributed by atoms with Gasteiger partial charge in [-0.25, -0.2) is 0 Å². The van der Waals surface area contributed by atoms with E-state index in [0.29, 0.717) is 11.3 Å². The summed E-state index contributed by atoms with van der Waals surface area (Å²) in [5, 5.41) is 0. The Morgan fingerprint density at radius 1 is 1.47 bits per heavy atom. The highest BCUT2D eigenvalue weighted by atomic mass is 32.1. The third-order valence-electron chi connectivity index (χ3n) is 2.79. The fraction of sp³-hybridized carbons (Fsp3) is 0.455. The van der Waals surface area contributed by atoms with Crippen molar-refractivity contribution in [1.82, 2.24) is 9.55 Å². The summed E-state index contributed by atoms with van der Waals surface area (Å²) in [6.07, 6.45) is 5.75. The van der Waals surface area contributed by atoms with E-state index in [0.717, 1.165) is 36.9 Å². The van der Waals surface area contributed by atoms with Crippen LogP contribution < -0.4 is 5.56 Å². The number of aromatic nitrogens is 2. The van der Waals surface area contributed by atoms with Crippen LogP contribution in [0.3, 0.4) is 0 Å². The quantitative estimate of drug-likeness (QED) is 0.613. The summed E-state index contributed by atoms with van der Waals surface area (Å²) in [5.41, 5.74) is 2.02. The standard InChI is InChI=1S/C11H14N2OS/c1-2-7-13-10(14)8-5-3-4-6-9(8)12-11(13)15/h2H,1,3-7H2,(H,12,15). The first-order valence-electron chi connectivity index (χ1n) is 5.20. The zero-order valence-corrected chi connectivity index (χ0v) is 9.40. The van der Waals surface area contributed by atoms with Crippen LogP contribution in [0.4, 0.5) is 0 Å². The van der Waals surface area contributed by atoms with Crippen molar-refractivity contribution in [3.63, 3.8) is 0 Å². The minimum Gasteiger partial charge on any atom is -0.335 e. The maximum absolute atomic E-state index is 12.1. The fourth-order valence-electron chi connectivity index (χ4n) is 2.03. The van der Waals surface area contributed by atoms with Crippen molar-refractivity contribution in [3.8, 4) is 0 Å². The summed E-state index contributed by atoms with van der Waals surface area (Å²) in [6, 6.07) is 0. The van der Waals surface area contributed by atoms with Crippen LogP contribution >= 0.6 is 12.2 Å². The monoisotopic (exact) mass is 222 g/mol. The molecule has 1 heterocycles. The van der Waals surface area contributed by atoms with Gasteiger partial charge in [0, 0.05) is 17.8 Å². The maximum atomic E-state index is 12.1. The molecule has 1 aromatic heterocycles. The summed E-state index contributed by atoms with van der Waals surface area (Å²) >= 11 is 5.15. The van der Waals surface area contributed by atoms with Gasteiger partial charge in [0.05, 0.1) is 0 Å². The molecule has 0 fully saturated rings. The van der Waals surface area contributed by atoms with E-state index >= 15 is 0 Å². The van der Waals surface area contributed by atoms with Crippen molar-refractivity contribution in [1.29, 1.82) is 0 Å². The van der Waals surface area contributed by atoms with E-state index in [1.165, 1.54) is 0 Å². The SMILES string of the molecule is C=CCn1c(=S)[nH]c2c(c1=O)CCCC2. The zero-order valence-electron chi connectivity index (χ0n) is 8.58. The van der Waals surface area contributed by atoms with Gasteiger partial charge < -0.3 is 4.98 Å². The number of H-pyrrole nitrogens is 1. The smallest absolute Gasteiger partial charge is 0.258 e. The van der Waals surface area contributed by atoms with Gasteiger partial charge in [0.1, 0.15) is 0 Å². The second-order valence-corrected chi connectivity index (χ2v) is 4.19. The Labute approximate surface area is 93.5 Å². The molecule has 0 atom stereocenters. The number of allylic oxidation sites excluding steroid dienone is 1. The third kappa shape index (κ3) is 1.81. The summed E-state index contributed by atoms with van der Waals surface area (Å²) in [6.45, 7) is 4.12. The van der Waals surface area contributed by atoms with Gasteiger partial charge in [-0.3, -0.25) is 9.36 Å². The molecule has 0 spiro atoms. The van der Waals surface area contributed by atoms with Crippen LogP contribution in [0.15, 0.2) is 17.4 Å². The average Bonchev–Trinajstić information content (AvgIpc) is 2.24. The minimum atomic E-state index is 0.0633. The van der Waals surface area contributed by atoms with Crippen LogP contribution in [0.25, 0.3) is 0 Å². The molecule has 1 N–H and O–H groups in total. The molecule has 0 amide bonds. The van der Waals surface area contributed by atoms with Gasteiger partial charge in [-0.1, -0.05) is 6.08 Å². The second-order valence-electron chi connectivity index (χ2n) is 3.80. The molecule has 0 aromatic carbocycles. The van der Waals surface area contributed by atoms with Gasteiger partial charge in [0.15, 0.2) is 4.77 Å². The molecule has 1 aliphatic rings. The number of hydrogen-bond acceptors (Lipinski definition) is 2. The number of nitrogens with zero attached hydrogens (tertiary/aromatic N) is 1. The Hall–Kier alpha value is -1.16. The molecule has 0 saturated carbocycles. The highest BCUT2D eigenvalue weighted by Gasteiger charge is 2.15. The largest absolute Gasteiger partial charge is 0.335 e. The lowest BCUT2D eigenvalue weighted by Gasteiger charge is -2.16. The van der Waals surface area contributed by atoms with Crippen LogP contribution in [-0.2, 0) is 19.4 Å². The molecular formula is C11H14N2OS. The summed E-state index contributed by atoms with van der Waals surface area (Å²) in [7, 11) is 0. The van der Waals surface area contributed by atoms with Crippen LogP contribution in [0.1, 0.15) is 24.1 Å². The highest BCUT2D eigenvalue weighted by molar-refractivity contribution is 7.71. The molecule has 3 nitrogen and oxygen atoms in total. The van der Waals surface area contributed by atoms with Crippen molar-refractivity contribution in [2.24, 2.45) is 0 Å². The fourth-order valence-corrected chi connectivity index (χ4v) is 2.31. The number of aromatic amines is 1. The number of aryl methyl sites for hydroxylation is 1. The van der Waals surface area contributed by atoms with Crippen molar-refractivity contribution in [2.45, 2.75) is 32.2 Å². The predicted octanol–water partition coefficient (Wildman–Crippen LogP) is 1.97. The van der Waals surface area contributed by atoms with Gasteiger partial charge in [-0.15, -0.1) is 6.58 Å². The third-order valence-corrected chi connectivity index (χ3v) is 3.11. The van der Waals surface area contributed by atoms with Crippen LogP contribution in [-0.4, -0.2) is 9.55 Å². The number of hydrogen-bond donors (Lipinski definition) is 1. The van der Waals surface area contributed by atoms with E-state index in [-0.39, 0.29) is 5.56 Å². The number of rotatable bonds is 2. The van der Waals surface area contributed by atoms with Crippen LogP contribution in [0.2, 0.25) is 0 Å². The molecule has 1 aromatic rings. The summed E-state index contributed by atoms with van der Waals surface area (Å²) < 4.78 is 2.09. The second kappa shape index (κ2) is 4.14. The van der Waals surface area contributed by atoms with Gasteiger partial charge >= 0.3 is 0 Å². The lowest BCUT2D eigenvalue weighted by molar-refractivity contribution is 0.621. The Morgan fingerprint density at radius 3 is 2.93 bits per heavy atom. The number of nitrogens with one attached hydrogen (secondary N) is 1. The molecule has 15 heavy (non-hydrogen) atoms. The van der Waals surface area contributed by atoms with E-state index in [4.69, 9.17) is 12.2 Å². The van der Waals surface area contributed by atoms with E-state index in [1.807, 2.05) is 0 Å². The van der Waals surface area contributed by atoms with E-state index in [9.17, 15) is 4.79 Å². The lowest BCUT2D eigenvalue weighted by Crippen LogP contribution is -2.28. The Balaban J connectivity index is 2.64. The first-order valence-corrected chi connectivity index (χ1v) is 5.60. The van der Waals surface area contributed by atoms with Crippen molar-refractivity contribution >= 4 is 12.2 Å². The molecule has 1 aliphatic carbocycles. The van der Waals surface area contributed by atoms with Crippen molar-refractivity contribution in [3.05, 3.63) is 39.0 Å². The summed E-state index contributed by atoms with van der Waals surface area (Å²) in [5.74, 6) is 0. The minimum absolute atomic E-state index is 0.0633. The molecule has 2 rings (SSSR count). The van der Waals surface area contributed by atoms with E-state index < -0.39 is 0 Å². The molecule has 0 unspecified atom stereocenters. The molecular weight excluding hydrogens is 208 g/mol. The van der Waals surface area contributed by atoms with Crippen LogP contribution in [0.5, 0.6) is 0 Å². The van der Waals surface area contributed by atoms with Gasteiger partial charge in [-0.2, -0.15) is 0 Å². The molecule has 0 saturated heterocycles. The zero-order chi connectivity index (χ0) is 10.8. The molecule has 0 aliphatic heterocycles. The van der Waals surface area contributed by atoms with Crippen molar-refractivity contribution in [2.75, 3.05) is 0 Å². The average molecular weight is 222 g/mol. The molecule has 0 bridgehead atoms. The Bertz CT molecular complexity index is 498.